The minimum atomic E-state index is -0.290. The Balaban J connectivity index is 2.19. The summed E-state index contributed by atoms with van der Waals surface area (Å²) in [6, 6.07) is -0.0359. The second kappa shape index (κ2) is 5.37. The molecule has 1 aliphatic heterocycles. The molecule has 0 radical (unpaired) electrons. The highest BCUT2D eigenvalue weighted by molar-refractivity contribution is 5.68. The first kappa shape index (κ1) is 12.9. The zero-order valence-corrected chi connectivity index (χ0v) is 11.1. The summed E-state index contributed by atoms with van der Waals surface area (Å²) < 4.78 is 4.82. The lowest BCUT2D eigenvalue weighted by atomic mass is 10.0. The van der Waals surface area contributed by atoms with Gasteiger partial charge in [-0.1, -0.05) is 13.8 Å². The maximum Gasteiger partial charge on any atom is 0.410 e. The molecule has 0 saturated carbocycles. The molecule has 0 aliphatic carbocycles. The number of ether oxygens (including phenoxy) is 1. The van der Waals surface area contributed by atoms with Gasteiger partial charge in [0, 0.05) is 12.5 Å². The molecule has 1 unspecified atom stereocenters. The first-order valence-electron chi connectivity index (χ1n) is 6.40. The van der Waals surface area contributed by atoms with Gasteiger partial charge >= 0.3 is 6.09 Å². The topological polar surface area (TPSA) is 71.1 Å². The van der Waals surface area contributed by atoms with Gasteiger partial charge in [0.05, 0.1) is 13.2 Å². The molecule has 0 spiro atoms. The van der Waals surface area contributed by atoms with E-state index in [0.717, 1.165) is 37.5 Å². The highest BCUT2D eigenvalue weighted by Gasteiger charge is 2.31. The molecular weight excluding hydrogens is 232 g/mol. The molecule has 1 N–H and O–H groups in total. The van der Waals surface area contributed by atoms with E-state index in [0.29, 0.717) is 0 Å². The smallest absolute Gasteiger partial charge is 0.410 e. The molecule has 2 rings (SSSR count). The van der Waals surface area contributed by atoms with Gasteiger partial charge in [-0.3, -0.25) is 10.00 Å². The van der Waals surface area contributed by atoms with E-state index >= 15 is 0 Å². The maximum atomic E-state index is 11.7. The third-order valence-electron chi connectivity index (χ3n) is 3.26. The number of hydrogen-bond donors (Lipinski definition) is 1. The highest BCUT2D eigenvalue weighted by Crippen LogP contribution is 2.29. The number of nitrogens with zero attached hydrogens (tertiary/aromatic N) is 3. The number of aromatic nitrogens is 3. The minimum Gasteiger partial charge on any atom is -0.453 e. The van der Waals surface area contributed by atoms with Crippen LogP contribution in [-0.2, 0) is 4.74 Å². The second-order valence-corrected chi connectivity index (χ2v) is 4.91. The first-order valence-corrected chi connectivity index (χ1v) is 6.40. The Hall–Kier alpha value is -1.59. The molecule has 1 aliphatic rings. The van der Waals surface area contributed by atoms with Crippen molar-refractivity contribution >= 4 is 6.09 Å². The predicted molar refractivity (Wildman–Crippen MR) is 66.2 cm³/mol. The van der Waals surface area contributed by atoms with Crippen LogP contribution in [0.5, 0.6) is 0 Å². The third-order valence-corrected chi connectivity index (χ3v) is 3.26. The number of likely N-dealkylation sites (tertiary alicyclic amines) is 1. The molecule has 1 saturated heterocycles. The van der Waals surface area contributed by atoms with Crippen LogP contribution in [0.2, 0.25) is 0 Å². The average molecular weight is 252 g/mol. The SMILES string of the molecule is COC(=O)N1CCCCC1c1nc(C(C)C)n[nH]1. The summed E-state index contributed by atoms with van der Waals surface area (Å²) in [7, 11) is 1.41. The van der Waals surface area contributed by atoms with Crippen LogP contribution in [-0.4, -0.2) is 39.8 Å². The summed E-state index contributed by atoms with van der Waals surface area (Å²) in [4.78, 5) is 17.9. The van der Waals surface area contributed by atoms with Gasteiger partial charge in [0.1, 0.15) is 5.82 Å². The molecule has 2 heterocycles. The number of piperidine rings is 1. The van der Waals surface area contributed by atoms with Gasteiger partial charge in [-0.15, -0.1) is 0 Å². The Labute approximate surface area is 107 Å². The maximum absolute atomic E-state index is 11.7. The number of rotatable bonds is 2. The number of nitrogens with one attached hydrogen (secondary N) is 1. The Kier molecular flexibility index (Phi) is 3.84. The van der Waals surface area contributed by atoms with E-state index < -0.39 is 0 Å². The van der Waals surface area contributed by atoms with E-state index in [1.807, 2.05) is 13.8 Å². The lowest BCUT2D eigenvalue weighted by molar-refractivity contribution is 0.0870. The van der Waals surface area contributed by atoms with Gasteiger partial charge in [-0.2, -0.15) is 5.10 Å². The molecule has 1 aromatic rings. The van der Waals surface area contributed by atoms with E-state index in [-0.39, 0.29) is 18.1 Å². The Morgan fingerprint density at radius 1 is 1.50 bits per heavy atom. The van der Waals surface area contributed by atoms with Gasteiger partial charge < -0.3 is 4.74 Å². The number of hydrogen-bond acceptors (Lipinski definition) is 4. The third kappa shape index (κ3) is 2.47. The molecule has 1 aromatic heterocycles. The Morgan fingerprint density at radius 3 is 2.89 bits per heavy atom. The fraction of sp³-hybridized carbons (Fsp3) is 0.750. The van der Waals surface area contributed by atoms with Crippen molar-refractivity contribution in [3.05, 3.63) is 11.6 Å². The van der Waals surface area contributed by atoms with Crippen LogP contribution in [0, 0.1) is 0 Å². The number of amides is 1. The monoisotopic (exact) mass is 252 g/mol. The molecule has 18 heavy (non-hydrogen) atoms. The molecule has 1 atom stereocenters. The summed E-state index contributed by atoms with van der Waals surface area (Å²) in [6.07, 6.45) is 2.72. The molecule has 0 bridgehead atoms. The van der Waals surface area contributed by atoms with Crippen LogP contribution >= 0.6 is 0 Å². The van der Waals surface area contributed by atoms with Crippen LogP contribution in [0.4, 0.5) is 4.79 Å². The summed E-state index contributed by atoms with van der Waals surface area (Å²) in [5, 5.41) is 7.15. The normalized spacial score (nSPS) is 20.2. The van der Waals surface area contributed by atoms with Crippen LogP contribution in [0.15, 0.2) is 0 Å². The van der Waals surface area contributed by atoms with Crippen molar-refractivity contribution in [1.82, 2.24) is 20.1 Å². The van der Waals surface area contributed by atoms with Crippen molar-refractivity contribution in [2.45, 2.75) is 45.1 Å². The minimum absolute atomic E-state index is 0.0359. The summed E-state index contributed by atoms with van der Waals surface area (Å²) >= 11 is 0. The summed E-state index contributed by atoms with van der Waals surface area (Å²) in [6.45, 7) is 4.81. The molecule has 1 amide bonds. The fourth-order valence-electron chi connectivity index (χ4n) is 2.25. The van der Waals surface area contributed by atoms with Crippen molar-refractivity contribution in [2.75, 3.05) is 13.7 Å². The average Bonchev–Trinajstić information content (AvgIpc) is 2.87. The quantitative estimate of drug-likeness (QED) is 0.876. The molecule has 6 nitrogen and oxygen atoms in total. The second-order valence-electron chi connectivity index (χ2n) is 4.91. The number of carbonyl (C=O) groups is 1. The van der Waals surface area contributed by atoms with Gasteiger partial charge in [0.2, 0.25) is 0 Å². The van der Waals surface area contributed by atoms with E-state index in [2.05, 4.69) is 15.2 Å². The van der Waals surface area contributed by atoms with Crippen molar-refractivity contribution in [3.8, 4) is 0 Å². The van der Waals surface area contributed by atoms with Crippen molar-refractivity contribution in [2.24, 2.45) is 0 Å². The van der Waals surface area contributed by atoms with Crippen LogP contribution < -0.4 is 0 Å². The molecular formula is C12H20N4O2. The Bertz CT molecular complexity index is 416. The molecule has 100 valence electrons. The van der Waals surface area contributed by atoms with Crippen LogP contribution in [0.3, 0.4) is 0 Å². The molecule has 0 aromatic carbocycles. The number of H-pyrrole nitrogens is 1. The molecule has 1 fully saturated rings. The van der Waals surface area contributed by atoms with Gasteiger partial charge in [-0.05, 0) is 19.3 Å². The number of methoxy groups -OCH3 is 1. The number of aromatic amines is 1. The standard InChI is InChI=1S/C12H20N4O2/c1-8(2)10-13-11(15-14-10)9-6-4-5-7-16(9)12(17)18-3/h8-9H,4-7H2,1-3H3,(H,13,14,15). The van der Waals surface area contributed by atoms with E-state index in [1.54, 1.807) is 4.90 Å². The highest BCUT2D eigenvalue weighted by atomic mass is 16.5. The van der Waals surface area contributed by atoms with E-state index in [9.17, 15) is 4.79 Å². The first-order chi connectivity index (χ1) is 8.63. The van der Waals surface area contributed by atoms with Crippen molar-refractivity contribution in [1.29, 1.82) is 0 Å². The number of carbonyl (C=O) groups excluding carboxylic acids is 1. The van der Waals surface area contributed by atoms with E-state index in [4.69, 9.17) is 4.74 Å². The van der Waals surface area contributed by atoms with Gasteiger partial charge in [0.25, 0.3) is 0 Å². The van der Waals surface area contributed by atoms with Gasteiger partial charge in [-0.25, -0.2) is 9.78 Å². The van der Waals surface area contributed by atoms with Crippen molar-refractivity contribution in [3.63, 3.8) is 0 Å². The molecule has 6 heteroatoms. The predicted octanol–water partition coefficient (Wildman–Crippen LogP) is 2.22. The zero-order valence-electron chi connectivity index (χ0n) is 11.1. The van der Waals surface area contributed by atoms with Crippen LogP contribution in [0.1, 0.15) is 56.7 Å². The van der Waals surface area contributed by atoms with Crippen LogP contribution in [0.25, 0.3) is 0 Å². The Morgan fingerprint density at radius 2 is 2.28 bits per heavy atom. The zero-order chi connectivity index (χ0) is 13.1. The van der Waals surface area contributed by atoms with Gasteiger partial charge in [0.15, 0.2) is 5.82 Å². The lowest BCUT2D eigenvalue weighted by Crippen LogP contribution is -2.38. The van der Waals surface area contributed by atoms with Crippen molar-refractivity contribution < 1.29 is 9.53 Å². The summed E-state index contributed by atoms with van der Waals surface area (Å²) in [5.41, 5.74) is 0. The van der Waals surface area contributed by atoms with E-state index in [1.165, 1.54) is 7.11 Å². The lowest BCUT2D eigenvalue weighted by Gasteiger charge is -2.32. The largest absolute Gasteiger partial charge is 0.453 e. The summed E-state index contributed by atoms with van der Waals surface area (Å²) in [5.74, 6) is 1.84. The fourth-order valence-corrected chi connectivity index (χ4v) is 2.25.